The SMILES string of the molecule is CCCC1Cc2cc(CN3CCNCC3)ccc2CN1. The van der Waals surface area contributed by atoms with Crippen molar-refractivity contribution < 1.29 is 0 Å². The highest BCUT2D eigenvalue weighted by Gasteiger charge is 2.18. The predicted molar refractivity (Wildman–Crippen MR) is 83.8 cm³/mol. The van der Waals surface area contributed by atoms with Crippen molar-refractivity contribution >= 4 is 0 Å². The lowest BCUT2D eigenvalue weighted by Crippen LogP contribution is -2.43. The van der Waals surface area contributed by atoms with Crippen molar-refractivity contribution in [2.45, 2.75) is 45.3 Å². The zero-order chi connectivity index (χ0) is 13.8. The molecule has 3 heteroatoms. The summed E-state index contributed by atoms with van der Waals surface area (Å²) in [7, 11) is 0. The van der Waals surface area contributed by atoms with E-state index in [1.165, 1.54) is 43.5 Å². The van der Waals surface area contributed by atoms with Gasteiger partial charge in [-0.1, -0.05) is 31.5 Å². The number of benzene rings is 1. The normalized spacial score (nSPS) is 23.6. The summed E-state index contributed by atoms with van der Waals surface area (Å²) in [4.78, 5) is 2.56. The number of nitrogens with zero attached hydrogens (tertiary/aromatic N) is 1. The van der Waals surface area contributed by atoms with Gasteiger partial charge < -0.3 is 10.6 Å². The van der Waals surface area contributed by atoms with Gasteiger partial charge in [0.15, 0.2) is 0 Å². The average molecular weight is 273 g/mol. The molecule has 0 saturated carbocycles. The van der Waals surface area contributed by atoms with Crippen molar-refractivity contribution in [3.8, 4) is 0 Å². The molecule has 2 heterocycles. The fourth-order valence-corrected chi connectivity index (χ4v) is 3.41. The van der Waals surface area contributed by atoms with Gasteiger partial charge in [0.05, 0.1) is 0 Å². The summed E-state index contributed by atoms with van der Waals surface area (Å²) >= 11 is 0. The van der Waals surface area contributed by atoms with Crippen LogP contribution in [0.2, 0.25) is 0 Å². The summed E-state index contributed by atoms with van der Waals surface area (Å²) < 4.78 is 0. The van der Waals surface area contributed by atoms with Gasteiger partial charge >= 0.3 is 0 Å². The van der Waals surface area contributed by atoms with Gasteiger partial charge in [-0.25, -0.2) is 0 Å². The molecule has 1 unspecified atom stereocenters. The molecular weight excluding hydrogens is 246 g/mol. The highest BCUT2D eigenvalue weighted by atomic mass is 15.2. The van der Waals surface area contributed by atoms with E-state index in [1.807, 2.05) is 0 Å². The first-order valence-corrected chi connectivity index (χ1v) is 8.12. The number of nitrogens with one attached hydrogen (secondary N) is 2. The van der Waals surface area contributed by atoms with E-state index in [2.05, 4.69) is 40.7 Å². The first-order valence-electron chi connectivity index (χ1n) is 8.12. The average Bonchev–Trinajstić information content (AvgIpc) is 2.48. The van der Waals surface area contributed by atoms with Gasteiger partial charge in [0.2, 0.25) is 0 Å². The summed E-state index contributed by atoms with van der Waals surface area (Å²) in [6.07, 6.45) is 3.77. The molecule has 3 rings (SSSR count). The van der Waals surface area contributed by atoms with Gasteiger partial charge in [-0.2, -0.15) is 0 Å². The van der Waals surface area contributed by atoms with Gasteiger partial charge in [-0.05, 0) is 29.5 Å². The largest absolute Gasteiger partial charge is 0.314 e. The van der Waals surface area contributed by atoms with Crippen molar-refractivity contribution in [3.05, 3.63) is 34.9 Å². The Morgan fingerprint density at radius 2 is 2.05 bits per heavy atom. The standard InChI is InChI=1S/C17H27N3/c1-2-3-17-11-16-10-14(4-5-15(16)12-19-17)13-20-8-6-18-7-9-20/h4-5,10,17-19H,2-3,6-9,11-13H2,1H3. The summed E-state index contributed by atoms with van der Waals surface area (Å²) in [5, 5.41) is 7.08. The minimum absolute atomic E-state index is 0.682. The third-order valence-electron chi connectivity index (χ3n) is 4.57. The minimum atomic E-state index is 0.682. The van der Waals surface area contributed by atoms with Crippen molar-refractivity contribution in [1.82, 2.24) is 15.5 Å². The molecule has 0 radical (unpaired) electrons. The van der Waals surface area contributed by atoms with Crippen LogP contribution in [0.25, 0.3) is 0 Å². The smallest absolute Gasteiger partial charge is 0.0234 e. The zero-order valence-electron chi connectivity index (χ0n) is 12.6. The van der Waals surface area contributed by atoms with Crippen LogP contribution in [0.15, 0.2) is 18.2 Å². The van der Waals surface area contributed by atoms with Crippen molar-refractivity contribution in [3.63, 3.8) is 0 Å². The first-order chi connectivity index (χ1) is 9.85. The Morgan fingerprint density at radius 1 is 1.20 bits per heavy atom. The van der Waals surface area contributed by atoms with E-state index in [0.717, 1.165) is 26.2 Å². The van der Waals surface area contributed by atoms with Gasteiger partial charge in [0.1, 0.15) is 0 Å². The van der Waals surface area contributed by atoms with Crippen molar-refractivity contribution in [2.24, 2.45) is 0 Å². The quantitative estimate of drug-likeness (QED) is 0.877. The Bertz CT molecular complexity index is 438. The van der Waals surface area contributed by atoms with E-state index in [-0.39, 0.29) is 0 Å². The monoisotopic (exact) mass is 273 g/mol. The molecule has 20 heavy (non-hydrogen) atoms. The Balaban J connectivity index is 1.66. The molecule has 0 aromatic heterocycles. The molecule has 0 amide bonds. The van der Waals surface area contributed by atoms with E-state index >= 15 is 0 Å². The van der Waals surface area contributed by atoms with Gasteiger partial charge in [-0.3, -0.25) is 4.90 Å². The number of hydrogen-bond donors (Lipinski definition) is 2. The molecule has 1 fully saturated rings. The maximum atomic E-state index is 3.66. The van der Waals surface area contributed by atoms with Crippen LogP contribution in [0.4, 0.5) is 0 Å². The molecular formula is C17H27N3. The van der Waals surface area contributed by atoms with E-state index < -0.39 is 0 Å². The third-order valence-corrected chi connectivity index (χ3v) is 4.57. The number of hydrogen-bond acceptors (Lipinski definition) is 3. The fraction of sp³-hybridized carbons (Fsp3) is 0.647. The van der Waals surface area contributed by atoms with E-state index in [1.54, 1.807) is 5.56 Å². The molecule has 1 saturated heterocycles. The van der Waals surface area contributed by atoms with Crippen LogP contribution in [0.3, 0.4) is 0 Å². The topological polar surface area (TPSA) is 27.3 Å². The molecule has 0 spiro atoms. The number of piperazine rings is 1. The van der Waals surface area contributed by atoms with Crippen molar-refractivity contribution in [1.29, 1.82) is 0 Å². The zero-order valence-corrected chi connectivity index (χ0v) is 12.6. The van der Waals surface area contributed by atoms with Crippen LogP contribution in [-0.4, -0.2) is 37.1 Å². The van der Waals surface area contributed by atoms with Crippen LogP contribution in [-0.2, 0) is 19.5 Å². The predicted octanol–water partition coefficient (Wildman–Crippen LogP) is 1.91. The van der Waals surface area contributed by atoms with E-state index in [0.29, 0.717) is 6.04 Å². The molecule has 0 aliphatic carbocycles. The lowest BCUT2D eigenvalue weighted by molar-refractivity contribution is 0.233. The Hall–Kier alpha value is -0.900. The summed E-state index contributed by atoms with van der Waals surface area (Å²) in [6.45, 7) is 9.06. The van der Waals surface area contributed by atoms with Crippen molar-refractivity contribution in [2.75, 3.05) is 26.2 Å². The third kappa shape index (κ3) is 3.40. The Labute approximate surface area is 122 Å². The van der Waals surface area contributed by atoms with Crippen LogP contribution in [0, 0.1) is 0 Å². The molecule has 1 atom stereocenters. The first kappa shape index (κ1) is 14.1. The molecule has 110 valence electrons. The lowest BCUT2D eigenvalue weighted by atomic mass is 9.92. The van der Waals surface area contributed by atoms with Gasteiger partial charge in [0, 0.05) is 45.3 Å². The molecule has 2 aliphatic heterocycles. The Kier molecular flexibility index (Phi) is 4.71. The number of fused-ring (bicyclic) bond motifs is 1. The van der Waals surface area contributed by atoms with Gasteiger partial charge in [-0.15, -0.1) is 0 Å². The molecule has 3 nitrogen and oxygen atoms in total. The number of rotatable bonds is 4. The Morgan fingerprint density at radius 3 is 2.85 bits per heavy atom. The molecule has 1 aromatic carbocycles. The fourth-order valence-electron chi connectivity index (χ4n) is 3.41. The van der Waals surface area contributed by atoms with Crippen LogP contribution in [0.5, 0.6) is 0 Å². The van der Waals surface area contributed by atoms with Gasteiger partial charge in [0.25, 0.3) is 0 Å². The molecule has 0 bridgehead atoms. The van der Waals surface area contributed by atoms with Crippen LogP contribution >= 0.6 is 0 Å². The van der Waals surface area contributed by atoms with E-state index in [4.69, 9.17) is 0 Å². The maximum Gasteiger partial charge on any atom is 0.0234 e. The second-order valence-electron chi connectivity index (χ2n) is 6.20. The van der Waals surface area contributed by atoms with E-state index in [9.17, 15) is 0 Å². The van der Waals surface area contributed by atoms with Crippen LogP contribution in [0.1, 0.15) is 36.5 Å². The highest BCUT2D eigenvalue weighted by Crippen LogP contribution is 2.21. The summed E-state index contributed by atoms with van der Waals surface area (Å²) in [5.74, 6) is 0. The molecule has 1 aromatic rings. The molecule has 2 aliphatic rings. The highest BCUT2D eigenvalue weighted by molar-refractivity contribution is 5.34. The minimum Gasteiger partial charge on any atom is -0.314 e. The second kappa shape index (κ2) is 6.70. The summed E-state index contributed by atoms with van der Waals surface area (Å²) in [6, 6.07) is 7.80. The molecule has 2 N–H and O–H groups in total. The maximum absolute atomic E-state index is 3.66. The van der Waals surface area contributed by atoms with Crippen LogP contribution < -0.4 is 10.6 Å². The lowest BCUT2D eigenvalue weighted by Gasteiger charge is -2.29. The summed E-state index contributed by atoms with van der Waals surface area (Å²) in [5.41, 5.74) is 4.57. The second-order valence-corrected chi connectivity index (χ2v) is 6.20.